The molecule has 3 heterocycles. The smallest absolute Gasteiger partial charge is 0.342 e. The Morgan fingerprint density at radius 2 is 1.67 bits per heavy atom. The third-order valence-electron chi connectivity index (χ3n) is 7.73. The van der Waals surface area contributed by atoms with Crippen LogP contribution < -0.4 is 5.32 Å². The zero-order valence-corrected chi connectivity index (χ0v) is 21.5. The van der Waals surface area contributed by atoms with Gasteiger partial charge in [0.1, 0.15) is 10.6 Å². The molecule has 1 aliphatic carbocycles. The molecule has 7 nitrogen and oxygen atoms in total. The number of aliphatic carboxylic acids is 1. The lowest BCUT2D eigenvalue weighted by molar-refractivity contribution is -0.147. The largest absolute Gasteiger partial charge is 0.481 e. The first-order valence-electron chi connectivity index (χ1n) is 13.0. The van der Waals surface area contributed by atoms with Crippen molar-refractivity contribution in [2.24, 2.45) is 11.8 Å². The summed E-state index contributed by atoms with van der Waals surface area (Å²) in [4.78, 5) is 38.3. The number of benzene rings is 1. The second kappa shape index (κ2) is 10.3. The molecule has 2 aliphatic heterocycles. The number of hydrogen-bond acceptors (Lipinski definition) is 6. The second-order valence-electron chi connectivity index (χ2n) is 10.4. The van der Waals surface area contributed by atoms with Crippen molar-refractivity contribution >= 4 is 34.2 Å². The minimum Gasteiger partial charge on any atom is -0.481 e. The maximum atomic E-state index is 13.3. The summed E-state index contributed by atoms with van der Waals surface area (Å²) in [5.41, 5.74) is 3.22. The lowest BCUT2D eigenvalue weighted by Gasteiger charge is -2.24. The number of carboxylic acids is 1. The van der Waals surface area contributed by atoms with Crippen LogP contribution in [0, 0.1) is 11.8 Å². The Kier molecular flexibility index (Phi) is 7.17. The van der Waals surface area contributed by atoms with Gasteiger partial charge in [0.2, 0.25) is 5.91 Å². The topological polar surface area (TPSA) is 102 Å². The van der Waals surface area contributed by atoms with Crippen LogP contribution in [0.15, 0.2) is 29.6 Å². The van der Waals surface area contributed by atoms with Gasteiger partial charge in [0.15, 0.2) is 0 Å². The van der Waals surface area contributed by atoms with E-state index in [0.717, 1.165) is 5.56 Å². The van der Waals surface area contributed by atoms with Crippen molar-refractivity contribution in [1.29, 1.82) is 0 Å². The molecular weight excluding hydrogens is 478 g/mol. The number of esters is 1. The fraction of sp³-hybridized carbons (Fsp3) is 0.536. The Morgan fingerprint density at radius 1 is 1.00 bits per heavy atom. The van der Waals surface area contributed by atoms with E-state index >= 15 is 0 Å². The van der Waals surface area contributed by atoms with Crippen LogP contribution in [0.3, 0.4) is 0 Å². The number of nitrogens with one attached hydrogen (secondary N) is 1. The Morgan fingerprint density at radius 3 is 2.31 bits per heavy atom. The van der Waals surface area contributed by atoms with Gasteiger partial charge in [-0.1, -0.05) is 43.5 Å². The second-order valence-corrected chi connectivity index (χ2v) is 11.3. The van der Waals surface area contributed by atoms with Gasteiger partial charge in [0.25, 0.3) is 0 Å². The summed E-state index contributed by atoms with van der Waals surface area (Å²) in [5, 5.41) is 14.8. The average molecular weight is 512 g/mol. The van der Waals surface area contributed by atoms with Gasteiger partial charge in [-0.05, 0) is 56.6 Å². The number of thiophene rings is 1. The van der Waals surface area contributed by atoms with Crippen molar-refractivity contribution in [1.82, 2.24) is 0 Å². The lowest BCUT2D eigenvalue weighted by atomic mass is 9.78. The average Bonchev–Trinajstić information content (AvgIpc) is 3.59. The quantitative estimate of drug-likeness (QED) is 0.453. The van der Waals surface area contributed by atoms with Gasteiger partial charge < -0.3 is 19.9 Å². The van der Waals surface area contributed by atoms with Gasteiger partial charge in [-0.25, -0.2) is 4.79 Å². The van der Waals surface area contributed by atoms with E-state index in [2.05, 4.69) is 17.4 Å². The van der Waals surface area contributed by atoms with E-state index in [1.807, 2.05) is 17.5 Å². The molecule has 3 fully saturated rings. The SMILES string of the molecule is CC(C)OC(=O)c1c(-c2ccc(C3CCCCC3)cc2)csc1NC(=O)[C@@H]1[C@@H](C(=O)O)[C@H]2CC[C@H]1O2. The summed E-state index contributed by atoms with van der Waals surface area (Å²) >= 11 is 1.25. The molecule has 1 aromatic carbocycles. The molecule has 3 aliphatic rings. The summed E-state index contributed by atoms with van der Waals surface area (Å²) in [6.45, 7) is 3.57. The molecule has 8 heteroatoms. The highest BCUT2D eigenvalue weighted by molar-refractivity contribution is 7.15. The van der Waals surface area contributed by atoms with Crippen LogP contribution in [0.2, 0.25) is 0 Å². The summed E-state index contributed by atoms with van der Waals surface area (Å²) in [6, 6.07) is 8.35. The molecule has 0 radical (unpaired) electrons. The highest BCUT2D eigenvalue weighted by atomic mass is 32.1. The van der Waals surface area contributed by atoms with Crippen molar-refractivity contribution in [3.05, 3.63) is 40.8 Å². The van der Waals surface area contributed by atoms with Crippen molar-refractivity contribution < 1.29 is 29.0 Å². The van der Waals surface area contributed by atoms with Gasteiger partial charge in [-0.15, -0.1) is 11.3 Å². The number of carbonyl (C=O) groups is 3. The predicted octanol–water partition coefficient (Wildman–Crippen LogP) is 5.84. The molecule has 1 aromatic heterocycles. The van der Waals surface area contributed by atoms with E-state index in [1.165, 1.54) is 49.0 Å². The Bertz CT molecular complexity index is 1130. The highest BCUT2D eigenvalue weighted by Crippen LogP contribution is 2.45. The molecule has 0 spiro atoms. The van der Waals surface area contributed by atoms with Gasteiger partial charge in [0.05, 0.1) is 30.1 Å². The third-order valence-corrected chi connectivity index (χ3v) is 8.63. The lowest BCUT2D eigenvalue weighted by Crippen LogP contribution is -2.41. The molecular formula is C28H33NO6S. The van der Waals surface area contributed by atoms with Gasteiger partial charge in [-0.2, -0.15) is 0 Å². The minimum atomic E-state index is -1.02. The fourth-order valence-electron chi connectivity index (χ4n) is 6.03. The van der Waals surface area contributed by atoms with Gasteiger partial charge in [0, 0.05) is 10.9 Å². The van der Waals surface area contributed by atoms with Gasteiger partial charge in [-0.3, -0.25) is 9.59 Å². The molecule has 0 unspecified atom stereocenters. The van der Waals surface area contributed by atoms with E-state index < -0.39 is 41.9 Å². The molecule has 4 atom stereocenters. The molecule has 5 rings (SSSR count). The number of amides is 1. The number of rotatable bonds is 7. The van der Waals surface area contributed by atoms with Crippen LogP contribution in [-0.4, -0.2) is 41.3 Å². The van der Waals surface area contributed by atoms with E-state index in [1.54, 1.807) is 13.8 Å². The van der Waals surface area contributed by atoms with Crippen LogP contribution in [0.1, 0.15) is 80.6 Å². The van der Waals surface area contributed by atoms with Crippen LogP contribution in [0.25, 0.3) is 11.1 Å². The van der Waals surface area contributed by atoms with Gasteiger partial charge >= 0.3 is 11.9 Å². The van der Waals surface area contributed by atoms with Crippen molar-refractivity contribution in [2.75, 3.05) is 5.32 Å². The Hall–Kier alpha value is -2.71. The maximum absolute atomic E-state index is 13.3. The van der Waals surface area contributed by atoms with Crippen LogP contribution in [0.5, 0.6) is 0 Å². The van der Waals surface area contributed by atoms with Crippen LogP contribution in [0.4, 0.5) is 5.00 Å². The number of hydrogen-bond donors (Lipinski definition) is 2. The molecule has 2 bridgehead atoms. The minimum absolute atomic E-state index is 0.309. The van der Waals surface area contributed by atoms with Crippen molar-refractivity contribution in [2.45, 2.75) is 83.0 Å². The molecule has 1 saturated carbocycles. The summed E-state index contributed by atoms with van der Waals surface area (Å²) in [7, 11) is 0. The van der Waals surface area contributed by atoms with E-state index in [9.17, 15) is 19.5 Å². The number of anilines is 1. The van der Waals surface area contributed by atoms with E-state index in [0.29, 0.717) is 34.9 Å². The van der Waals surface area contributed by atoms with Crippen LogP contribution in [-0.2, 0) is 19.1 Å². The standard InChI is InChI=1S/C28H33NO6S/c1-15(2)34-28(33)22-19(18-10-8-17(9-11-18)16-6-4-3-5-7-16)14-36-26(22)29-25(30)23-20-12-13-21(35-20)24(23)27(31)32/h8-11,14-16,20-21,23-24H,3-7,12-13H2,1-2H3,(H,29,30)(H,31,32)/t20-,21-,23+,24+/m1/s1. The maximum Gasteiger partial charge on any atom is 0.342 e. The van der Waals surface area contributed by atoms with Crippen molar-refractivity contribution in [3.8, 4) is 11.1 Å². The molecule has 1 amide bonds. The Balaban J connectivity index is 1.42. The fourth-order valence-corrected chi connectivity index (χ4v) is 6.99. The first-order chi connectivity index (χ1) is 17.3. The third kappa shape index (κ3) is 4.81. The normalized spacial score (nSPS) is 25.8. The summed E-state index contributed by atoms with van der Waals surface area (Å²) in [6.07, 6.45) is 6.41. The zero-order chi connectivity index (χ0) is 25.4. The van der Waals surface area contributed by atoms with Crippen LogP contribution >= 0.6 is 11.3 Å². The molecule has 2 N–H and O–H groups in total. The number of carboxylic acid groups (broad SMARTS) is 1. The van der Waals surface area contributed by atoms with E-state index in [-0.39, 0.29) is 6.10 Å². The summed E-state index contributed by atoms with van der Waals surface area (Å²) in [5.74, 6) is -3.02. The molecule has 2 saturated heterocycles. The number of fused-ring (bicyclic) bond motifs is 2. The van der Waals surface area contributed by atoms with Crippen molar-refractivity contribution in [3.63, 3.8) is 0 Å². The molecule has 2 aromatic rings. The molecule has 36 heavy (non-hydrogen) atoms. The monoisotopic (exact) mass is 511 g/mol. The number of carbonyl (C=O) groups excluding carboxylic acids is 2. The molecule has 192 valence electrons. The first-order valence-corrected chi connectivity index (χ1v) is 13.8. The highest BCUT2D eigenvalue weighted by Gasteiger charge is 2.55. The zero-order valence-electron chi connectivity index (χ0n) is 20.7. The summed E-state index contributed by atoms with van der Waals surface area (Å²) < 4.78 is 11.3. The van der Waals surface area contributed by atoms with E-state index in [4.69, 9.17) is 9.47 Å². The number of ether oxygens (including phenoxy) is 2. The Labute approximate surface area is 215 Å². The predicted molar refractivity (Wildman–Crippen MR) is 137 cm³/mol. The first kappa shape index (κ1) is 25.0.